The molecule has 0 unspecified atom stereocenters. The number of anilines is 1. The first-order valence-corrected chi connectivity index (χ1v) is 9.61. The van der Waals surface area contributed by atoms with Crippen molar-refractivity contribution in [1.82, 2.24) is 15.6 Å². The third-order valence-corrected chi connectivity index (χ3v) is 4.83. The summed E-state index contributed by atoms with van der Waals surface area (Å²) in [6.07, 6.45) is 0.875. The van der Waals surface area contributed by atoms with E-state index >= 15 is 0 Å². The number of amides is 1. The molecule has 148 valence electrons. The number of carbonyl (C=O) groups is 1. The minimum atomic E-state index is -0.0588. The van der Waals surface area contributed by atoms with E-state index in [4.69, 9.17) is 0 Å². The summed E-state index contributed by atoms with van der Waals surface area (Å²) in [7, 11) is 0. The number of guanidine groups is 1. The first-order valence-electron chi connectivity index (χ1n) is 8.79. The molecule has 2 rings (SSSR count). The zero-order valence-corrected chi connectivity index (χ0v) is 19.4. The van der Waals surface area contributed by atoms with Crippen LogP contribution in [0.25, 0.3) is 0 Å². The highest BCUT2D eigenvalue weighted by molar-refractivity contribution is 14.0. The molecule has 0 spiro atoms. The second-order valence-corrected chi connectivity index (χ2v) is 7.29. The molecule has 0 bridgehead atoms. The van der Waals surface area contributed by atoms with Gasteiger partial charge in [0.1, 0.15) is 5.01 Å². The van der Waals surface area contributed by atoms with Gasteiger partial charge in [-0.05, 0) is 44.9 Å². The molecule has 27 heavy (non-hydrogen) atoms. The summed E-state index contributed by atoms with van der Waals surface area (Å²) in [5.41, 5.74) is 3.10. The lowest BCUT2D eigenvalue weighted by atomic mass is 10.1. The summed E-state index contributed by atoms with van der Waals surface area (Å²) in [4.78, 5) is 21.4. The Morgan fingerprint density at radius 3 is 2.44 bits per heavy atom. The number of halogens is 1. The van der Waals surface area contributed by atoms with Crippen LogP contribution in [0.5, 0.6) is 0 Å². The van der Waals surface area contributed by atoms with E-state index < -0.39 is 0 Å². The largest absolute Gasteiger partial charge is 0.357 e. The first-order chi connectivity index (χ1) is 12.5. The zero-order valence-electron chi connectivity index (χ0n) is 16.3. The number of hydrogen-bond donors (Lipinski definition) is 3. The highest BCUT2D eigenvalue weighted by Crippen LogP contribution is 2.16. The number of aromatic nitrogens is 1. The van der Waals surface area contributed by atoms with Gasteiger partial charge in [0.15, 0.2) is 5.96 Å². The fourth-order valence-electron chi connectivity index (χ4n) is 2.38. The third-order valence-electron chi connectivity index (χ3n) is 3.77. The average Bonchev–Trinajstić information content (AvgIpc) is 2.92. The Hall–Kier alpha value is -1.68. The van der Waals surface area contributed by atoms with Gasteiger partial charge < -0.3 is 16.0 Å². The van der Waals surface area contributed by atoms with Crippen LogP contribution in [0.4, 0.5) is 5.69 Å². The molecule has 0 atom stereocenters. The molecule has 6 nitrogen and oxygen atoms in total. The normalized spacial score (nSPS) is 10.9. The topological polar surface area (TPSA) is 78.4 Å². The van der Waals surface area contributed by atoms with Crippen molar-refractivity contribution in [3.05, 3.63) is 45.4 Å². The molecule has 0 saturated carbocycles. The van der Waals surface area contributed by atoms with Crippen molar-refractivity contribution in [3.63, 3.8) is 0 Å². The van der Waals surface area contributed by atoms with E-state index in [2.05, 4.69) is 39.8 Å². The molecule has 0 aliphatic rings. The predicted molar refractivity (Wildman–Crippen MR) is 124 cm³/mol. The van der Waals surface area contributed by atoms with E-state index in [1.54, 1.807) is 11.3 Å². The Labute approximate surface area is 182 Å². The van der Waals surface area contributed by atoms with Crippen LogP contribution in [0.2, 0.25) is 0 Å². The number of nitrogens with one attached hydrogen (secondary N) is 3. The van der Waals surface area contributed by atoms with E-state index in [0.29, 0.717) is 6.54 Å². The van der Waals surface area contributed by atoms with E-state index in [-0.39, 0.29) is 29.9 Å². The second kappa shape index (κ2) is 11.9. The van der Waals surface area contributed by atoms with Crippen LogP contribution < -0.4 is 16.0 Å². The van der Waals surface area contributed by atoms with Crippen molar-refractivity contribution in [2.45, 2.75) is 40.7 Å². The fourth-order valence-corrected chi connectivity index (χ4v) is 3.24. The van der Waals surface area contributed by atoms with Gasteiger partial charge in [0.05, 0.1) is 12.2 Å². The van der Waals surface area contributed by atoms with E-state index in [9.17, 15) is 4.79 Å². The fraction of sp³-hybridized carbons (Fsp3) is 0.421. The Morgan fingerprint density at radius 2 is 1.89 bits per heavy atom. The van der Waals surface area contributed by atoms with Gasteiger partial charge in [-0.1, -0.05) is 12.1 Å². The lowest BCUT2D eigenvalue weighted by Gasteiger charge is -2.11. The number of benzene rings is 1. The van der Waals surface area contributed by atoms with Gasteiger partial charge in [-0.2, -0.15) is 0 Å². The second-order valence-electron chi connectivity index (χ2n) is 6.00. The summed E-state index contributed by atoms with van der Waals surface area (Å²) in [5, 5.41) is 10.4. The number of carbonyl (C=O) groups excluding carboxylic acids is 1. The lowest BCUT2D eigenvalue weighted by molar-refractivity contribution is -0.114. The molecule has 1 amide bonds. The molecular formula is C19H28IN5OS. The summed E-state index contributed by atoms with van der Waals surface area (Å²) in [5.74, 6) is 0.740. The number of hydrogen-bond acceptors (Lipinski definition) is 4. The minimum Gasteiger partial charge on any atom is -0.357 e. The first kappa shape index (κ1) is 23.4. The number of nitrogens with zero attached hydrogens (tertiary/aromatic N) is 2. The van der Waals surface area contributed by atoms with Crippen LogP contribution >= 0.6 is 35.3 Å². The smallest absolute Gasteiger partial charge is 0.221 e. The maximum Gasteiger partial charge on any atom is 0.221 e. The molecule has 2 aromatic rings. The number of aliphatic imine (C=N–C) groups is 1. The van der Waals surface area contributed by atoms with Crippen LogP contribution in [0.15, 0.2) is 29.3 Å². The van der Waals surface area contributed by atoms with Crippen molar-refractivity contribution in [2.24, 2.45) is 4.99 Å². The molecule has 0 fully saturated rings. The van der Waals surface area contributed by atoms with Crippen LogP contribution in [-0.2, 0) is 17.8 Å². The third kappa shape index (κ3) is 8.25. The zero-order chi connectivity index (χ0) is 18.9. The van der Waals surface area contributed by atoms with Crippen LogP contribution in [0, 0.1) is 13.8 Å². The standard InChI is InChI=1S/C19H27N5OS.HI/c1-5-20-19(22-12-18-23-13(2)14(3)26-18)21-11-10-16-6-8-17(9-7-16)24-15(4)25;/h6-9H,5,10-12H2,1-4H3,(H,24,25)(H2,20,21,22);1H. The Morgan fingerprint density at radius 1 is 1.19 bits per heavy atom. The van der Waals surface area contributed by atoms with Crippen LogP contribution in [-0.4, -0.2) is 29.9 Å². The number of thiazole rings is 1. The molecule has 1 aromatic heterocycles. The van der Waals surface area contributed by atoms with Gasteiger partial charge >= 0.3 is 0 Å². The molecule has 3 N–H and O–H groups in total. The van der Waals surface area contributed by atoms with Gasteiger partial charge in [0.25, 0.3) is 0 Å². The monoisotopic (exact) mass is 501 g/mol. The summed E-state index contributed by atoms with van der Waals surface area (Å²) >= 11 is 1.70. The number of aryl methyl sites for hydroxylation is 2. The van der Waals surface area contributed by atoms with Crippen molar-refractivity contribution in [3.8, 4) is 0 Å². The maximum atomic E-state index is 11.0. The van der Waals surface area contributed by atoms with E-state index in [1.165, 1.54) is 17.4 Å². The Kier molecular flexibility index (Phi) is 10.3. The molecule has 1 heterocycles. The van der Waals surface area contributed by atoms with Gasteiger partial charge in [0, 0.05) is 30.6 Å². The van der Waals surface area contributed by atoms with Crippen LogP contribution in [0.1, 0.15) is 35.0 Å². The number of rotatable bonds is 7. The highest BCUT2D eigenvalue weighted by Gasteiger charge is 2.04. The lowest BCUT2D eigenvalue weighted by Crippen LogP contribution is -2.38. The summed E-state index contributed by atoms with van der Waals surface area (Å²) < 4.78 is 0. The van der Waals surface area contributed by atoms with Gasteiger partial charge in [0.2, 0.25) is 5.91 Å². The molecular weight excluding hydrogens is 473 g/mol. The van der Waals surface area contributed by atoms with Gasteiger partial charge in [-0.3, -0.25) is 4.79 Å². The summed E-state index contributed by atoms with van der Waals surface area (Å²) in [6, 6.07) is 7.89. The molecule has 0 radical (unpaired) electrons. The molecule has 0 aliphatic heterocycles. The predicted octanol–water partition coefficient (Wildman–Crippen LogP) is 3.63. The van der Waals surface area contributed by atoms with Crippen molar-refractivity contribution in [2.75, 3.05) is 18.4 Å². The molecule has 0 saturated heterocycles. The minimum absolute atomic E-state index is 0. The van der Waals surface area contributed by atoms with Crippen molar-refractivity contribution >= 4 is 52.9 Å². The maximum absolute atomic E-state index is 11.0. The highest BCUT2D eigenvalue weighted by atomic mass is 127. The Bertz CT molecular complexity index is 738. The summed E-state index contributed by atoms with van der Waals surface area (Å²) in [6.45, 7) is 9.85. The van der Waals surface area contributed by atoms with Gasteiger partial charge in [-0.15, -0.1) is 35.3 Å². The average molecular weight is 501 g/mol. The van der Waals surface area contributed by atoms with Crippen molar-refractivity contribution < 1.29 is 4.79 Å². The van der Waals surface area contributed by atoms with Gasteiger partial charge in [-0.25, -0.2) is 9.98 Å². The van der Waals surface area contributed by atoms with E-state index in [0.717, 1.165) is 41.9 Å². The molecule has 1 aromatic carbocycles. The Balaban J connectivity index is 0.00000364. The van der Waals surface area contributed by atoms with Crippen LogP contribution in [0.3, 0.4) is 0 Å². The molecule has 0 aliphatic carbocycles. The SMILES string of the molecule is CCNC(=NCc1nc(C)c(C)s1)NCCc1ccc(NC(C)=O)cc1.I. The molecule has 8 heteroatoms. The van der Waals surface area contributed by atoms with E-state index in [1.807, 2.05) is 31.2 Å². The van der Waals surface area contributed by atoms with Crippen molar-refractivity contribution in [1.29, 1.82) is 0 Å². The quantitative estimate of drug-likeness (QED) is 0.308.